The van der Waals surface area contributed by atoms with Gasteiger partial charge in [0.2, 0.25) is 0 Å². The van der Waals surface area contributed by atoms with Gasteiger partial charge in [-0.25, -0.2) is 14.3 Å². The van der Waals surface area contributed by atoms with Gasteiger partial charge in [-0.15, -0.1) is 0 Å². The van der Waals surface area contributed by atoms with Crippen molar-refractivity contribution >= 4 is 23.2 Å². The molecular formula is C18H15FN4O2. The Balaban J connectivity index is 1.71. The van der Waals surface area contributed by atoms with Crippen LogP contribution in [0.25, 0.3) is 0 Å². The maximum Gasteiger partial charge on any atom is 0.263 e. The first-order chi connectivity index (χ1) is 12.0. The van der Waals surface area contributed by atoms with Crippen LogP contribution in [0.5, 0.6) is 0 Å². The number of anilines is 2. The first-order valence-corrected chi connectivity index (χ1v) is 7.87. The van der Waals surface area contributed by atoms with Gasteiger partial charge in [0.15, 0.2) is 12.1 Å². The first kappa shape index (κ1) is 15.4. The Morgan fingerprint density at radius 2 is 1.56 bits per heavy atom. The van der Waals surface area contributed by atoms with E-state index in [4.69, 9.17) is 0 Å². The van der Waals surface area contributed by atoms with Crippen LogP contribution in [0.3, 0.4) is 0 Å². The largest absolute Gasteiger partial charge is 0.271 e. The Kier molecular flexibility index (Phi) is 3.38. The van der Waals surface area contributed by atoms with Gasteiger partial charge in [0, 0.05) is 0 Å². The molecule has 2 aliphatic heterocycles. The summed E-state index contributed by atoms with van der Waals surface area (Å²) in [6.45, 7) is 3.82. The number of hydrogen-bond donors (Lipinski definition) is 0. The van der Waals surface area contributed by atoms with Crippen molar-refractivity contribution in [3.8, 4) is 0 Å². The normalized spacial score (nSPS) is 22.0. The third-order valence-electron chi connectivity index (χ3n) is 4.34. The van der Waals surface area contributed by atoms with Gasteiger partial charge >= 0.3 is 0 Å². The quantitative estimate of drug-likeness (QED) is 0.791. The van der Waals surface area contributed by atoms with Gasteiger partial charge < -0.3 is 0 Å². The monoisotopic (exact) mass is 338 g/mol. The Hall–Kier alpha value is -3.09. The van der Waals surface area contributed by atoms with Crippen LogP contribution in [-0.2, 0) is 9.59 Å². The lowest BCUT2D eigenvalue weighted by atomic mass is 10.1. The molecule has 0 N–H and O–H groups in total. The fraction of sp³-hybridized carbons (Fsp3) is 0.222. The number of carbonyl (C=O) groups excluding carboxylic acids is 2. The maximum absolute atomic E-state index is 13.1. The van der Waals surface area contributed by atoms with E-state index in [1.54, 1.807) is 12.1 Å². The van der Waals surface area contributed by atoms with Crippen molar-refractivity contribution in [1.82, 2.24) is 0 Å². The molecule has 2 heterocycles. The molecule has 2 aromatic rings. The molecule has 0 saturated carbocycles. The third-order valence-corrected chi connectivity index (χ3v) is 4.34. The molecule has 126 valence electrons. The van der Waals surface area contributed by atoms with Gasteiger partial charge in [0.05, 0.1) is 11.4 Å². The van der Waals surface area contributed by atoms with Crippen LogP contribution < -0.4 is 9.91 Å². The van der Waals surface area contributed by atoms with Gasteiger partial charge in [-0.2, -0.15) is 5.11 Å². The minimum atomic E-state index is -0.877. The van der Waals surface area contributed by atoms with Gasteiger partial charge in [-0.3, -0.25) is 9.59 Å². The maximum atomic E-state index is 13.1. The number of carbonyl (C=O) groups is 2. The highest BCUT2D eigenvalue weighted by Gasteiger charge is 2.55. The highest BCUT2D eigenvalue weighted by atomic mass is 19.1. The average molecular weight is 338 g/mol. The van der Waals surface area contributed by atoms with E-state index in [0.29, 0.717) is 11.4 Å². The van der Waals surface area contributed by atoms with E-state index in [1.165, 1.54) is 34.2 Å². The van der Waals surface area contributed by atoms with Crippen molar-refractivity contribution in [2.75, 3.05) is 9.91 Å². The summed E-state index contributed by atoms with van der Waals surface area (Å²) in [7, 11) is 0. The molecule has 1 saturated heterocycles. The number of fused-ring (bicyclic) bond motifs is 1. The molecule has 0 unspecified atom stereocenters. The molecule has 0 bridgehead atoms. The molecule has 1 fully saturated rings. The van der Waals surface area contributed by atoms with Gasteiger partial charge in [0.25, 0.3) is 11.8 Å². The van der Waals surface area contributed by atoms with Crippen molar-refractivity contribution in [3.05, 3.63) is 59.4 Å². The van der Waals surface area contributed by atoms with Crippen molar-refractivity contribution < 1.29 is 14.0 Å². The number of amides is 2. The number of rotatable bonds is 2. The average Bonchev–Trinajstić information content (AvgIpc) is 3.08. The van der Waals surface area contributed by atoms with E-state index in [9.17, 15) is 14.0 Å². The van der Waals surface area contributed by atoms with Crippen LogP contribution in [0.15, 0.2) is 52.8 Å². The summed E-state index contributed by atoms with van der Waals surface area (Å²) in [6, 6.07) is 9.42. The number of halogens is 1. The van der Waals surface area contributed by atoms with Crippen LogP contribution in [0.4, 0.5) is 15.8 Å². The van der Waals surface area contributed by atoms with Crippen molar-refractivity contribution in [2.45, 2.75) is 25.9 Å². The third kappa shape index (κ3) is 2.39. The minimum Gasteiger partial charge on any atom is -0.271 e. The highest BCUT2D eigenvalue weighted by molar-refractivity contribution is 6.26. The molecule has 2 aliphatic rings. The van der Waals surface area contributed by atoms with Crippen LogP contribution in [0.1, 0.15) is 11.1 Å². The molecule has 0 aromatic heterocycles. The second-order valence-corrected chi connectivity index (χ2v) is 6.27. The van der Waals surface area contributed by atoms with Crippen molar-refractivity contribution in [2.24, 2.45) is 10.3 Å². The van der Waals surface area contributed by atoms with E-state index in [2.05, 4.69) is 10.3 Å². The molecule has 2 atom stereocenters. The summed E-state index contributed by atoms with van der Waals surface area (Å²) in [4.78, 5) is 26.8. The van der Waals surface area contributed by atoms with Crippen molar-refractivity contribution in [3.63, 3.8) is 0 Å². The van der Waals surface area contributed by atoms with E-state index >= 15 is 0 Å². The lowest BCUT2D eigenvalue weighted by Crippen LogP contribution is -2.39. The predicted octanol–water partition coefficient (Wildman–Crippen LogP) is 2.94. The van der Waals surface area contributed by atoms with Gasteiger partial charge in [0.1, 0.15) is 5.82 Å². The van der Waals surface area contributed by atoms with Gasteiger partial charge in [-0.05, 0) is 61.4 Å². The topological polar surface area (TPSA) is 65.3 Å². The summed E-state index contributed by atoms with van der Waals surface area (Å²) in [5, 5.41) is 9.31. The van der Waals surface area contributed by atoms with Crippen molar-refractivity contribution in [1.29, 1.82) is 0 Å². The summed E-state index contributed by atoms with van der Waals surface area (Å²) in [6.07, 6.45) is 0. The molecule has 0 spiro atoms. The van der Waals surface area contributed by atoms with E-state index in [-0.39, 0.29) is 11.7 Å². The molecule has 0 aliphatic carbocycles. The Morgan fingerprint density at radius 1 is 0.920 bits per heavy atom. The Morgan fingerprint density at radius 3 is 2.20 bits per heavy atom. The standard InChI is InChI=1S/C18H15FN4O2/c1-10-7-11(2)9-14(8-10)22-17(24)15-16(18(22)25)23(21-20-15)13-5-3-12(19)4-6-13/h3-9,15-16H,1-2H3/t15-,16+/m0/s1. The molecule has 2 aromatic carbocycles. The number of hydrogen-bond acceptors (Lipinski definition) is 5. The highest BCUT2D eigenvalue weighted by Crippen LogP contribution is 2.35. The molecular weight excluding hydrogens is 323 g/mol. The number of imide groups is 1. The summed E-state index contributed by atoms with van der Waals surface area (Å²) < 4.78 is 13.1. The van der Waals surface area contributed by atoms with E-state index in [0.717, 1.165) is 11.1 Å². The Bertz CT molecular complexity index is 890. The molecule has 0 radical (unpaired) electrons. The number of aryl methyl sites for hydroxylation is 2. The molecule has 25 heavy (non-hydrogen) atoms. The molecule has 2 amide bonds. The number of nitrogens with zero attached hydrogens (tertiary/aromatic N) is 4. The molecule has 6 nitrogen and oxygen atoms in total. The first-order valence-electron chi connectivity index (χ1n) is 7.87. The zero-order chi connectivity index (χ0) is 17.7. The fourth-order valence-corrected chi connectivity index (χ4v) is 3.30. The van der Waals surface area contributed by atoms with Crippen LogP contribution in [-0.4, -0.2) is 23.9 Å². The summed E-state index contributed by atoms with van der Waals surface area (Å²) in [5.74, 6) is -1.16. The zero-order valence-corrected chi connectivity index (χ0v) is 13.7. The zero-order valence-electron chi connectivity index (χ0n) is 13.7. The van der Waals surface area contributed by atoms with Crippen LogP contribution >= 0.6 is 0 Å². The SMILES string of the molecule is Cc1cc(C)cc(N2C(=O)[C@H]3N=NN(c4ccc(F)cc4)[C@H]3C2=O)c1. The molecule has 7 heteroatoms. The summed E-state index contributed by atoms with van der Waals surface area (Å²) in [5.41, 5.74) is 2.98. The second kappa shape index (κ2) is 5.47. The summed E-state index contributed by atoms with van der Waals surface area (Å²) >= 11 is 0. The van der Waals surface area contributed by atoms with Crippen LogP contribution in [0, 0.1) is 19.7 Å². The smallest absolute Gasteiger partial charge is 0.263 e. The Labute approximate surface area is 143 Å². The predicted molar refractivity (Wildman–Crippen MR) is 89.7 cm³/mol. The van der Waals surface area contributed by atoms with Gasteiger partial charge in [-0.1, -0.05) is 11.3 Å². The number of benzene rings is 2. The fourth-order valence-electron chi connectivity index (χ4n) is 3.30. The lowest BCUT2D eigenvalue weighted by Gasteiger charge is -2.21. The minimum absolute atomic E-state index is 0.380. The lowest BCUT2D eigenvalue weighted by molar-refractivity contribution is -0.121. The second-order valence-electron chi connectivity index (χ2n) is 6.27. The van der Waals surface area contributed by atoms with E-state index in [1.807, 2.05) is 19.9 Å². The van der Waals surface area contributed by atoms with E-state index < -0.39 is 18.0 Å². The van der Waals surface area contributed by atoms with Crippen LogP contribution in [0.2, 0.25) is 0 Å². The molecule has 4 rings (SSSR count).